The molecule has 22 heavy (non-hydrogen) atoms. The fourth-order valence-electron chi connectivity index (χ4n) is 3.25. The summed E-state index contributed by atoms with van der Waals surface area (Å²) in [5.41, 5.74) is 2.79. The van der Waals surface area contributed by atoms with Gasteiger partial charge in [-0.15, -0.1) is 10.2 Å². The highest BCUT2D eigenvalue weighted by Gasteiger charge is 2.26. The Balaban J connectivity index is 1.82. The van der Waals surface area contributed by atoms with Gasteiger partial charge in [0.2, 0.25) is 11.8 Å². The SMILES string of the molecule is CCc1nnc(CN(CCO)C2CCCc3ccccc32)o1. The molecule has 0 radical (unpaired) electrons. The second-order valence-electron chi connectivity index (χ2n) is 5.74. The van der Waals surface area contributed by atoms with Crippen LogP contribution in [0.5, 0.6) is 0 Å². The Bertz CT molecular complexity index is 611. The molecule has 1 aliphatic carbocycles. The first kappa shape index (κ1) is 15.2. The molecule has 3 rings (SSSR count). The van der Waals surface area contributed by atoms with Gasteiger partial charge in [0.25, 0.3) is 0 Å². The van der Waals surface area contributed by atoms with Crippen molar-refractivity contribution in [3.8, 4) is 0 Å². The summed E-state index contributed by atoms with van der Waals surface area (Å²) in [4.78, 5) is 2.25. The molecule has 1 aromatic carbocycles. The lowest BCUT2D eigenvalue weighted by Gasteiger charge is -2.34. The number of nitrogens with zero attached hydrogens (tertiary/aromatic N) is 3. The molecule has 118 valence electrons. The molecule has 2 aromatic rings. The minimum atomic E-state index is 0.132. The molecule has 1 aromatic heterocycles. The fourth-order valence-corrected chi connectivity index (χ4v) is 3.25. The number of hydrogen-bond acceptors (Lipinski definition) is 5. The van der Waals surface area contributed by atoms with Crippen molar-refractivity contribution < 1.29 is 9.52 Å². The van der Waals surface area contributed by atoms with Crippen molar-refractivity contribution in [1.82, 2.24) is 15.1 Å². The highest BCUT2D eigenvalue weighted by molar-refractivity contribution is 5.32. The molecule has 1 unspecified atom stereocenters. The van der Waals surface area contributed by atoms with Gasteiger partial charge >= 0.3 is 0 Å². The number of aromatic nitrogens is 2. The zero-order chi connectivity index (χ0) is 15.4. The molecule has 5 nitrogen and oxygen atoms in total. The fraction of sp³-hybridized carbons (Fsp3) is 0.529. The van der Waals surface area contributed by atoms with E-state index in [1.54, 1.807) is 0 Å². The molecular formula is C17H23N3O2. The zero-order valence-corrected chi connectivity index (χ0v) is 13.0. The molecule has 0 amide bonds. The number of hydrogen-bond donors (Lipinski definition) is 1. The first-order valence-corrected chi connectivity index (χ1v) is 8.05. The van der Waals surface area contributed by atoms with Gasteiger partial charge in [0, 0.05) is 19.0 Å². The van der Waals surface area contributed by atoms with Gasteiger partial charge in [-0.05, 0) is 30.4 Å². The first-order valence-electron chi connectivity index (χ1n) is 8.05. The van der Waals surface area contributed by atoms with E-state index in [9.17, 15) is 5.11 Å². The van der Waals surface area contributed by atoms with Crippen LogP contribution in [0.1, 0.15) is 48.7 Å². The predicted molar refractivity (Wildman–Crippen MR) is 83.3 cm³/mol. The molecule has 0 saturated carbocycles. The molecule has 5 heteroatoms. The van der Waals surface area contributed by atoms with Crippen molar-refractivity contribution >= 4 is 0 Å². The average Bonchev–Trinajstić information content (AvgIpc) is 3.02. The number of aryl methyl sites for hydroxylation is 2. The van der Waals surface area contributed by atoms with Gasteiger partial charge in [0.15, 0.2) is 0 Å². The van der Waals surface area contributed by atoms with E-state index in [0.29, 0.717) is 30.9 Å². The summed E-state index contributed by atoms with van der Waals surface area (Å²) in [6.45, 7) is 3.34. The van der Waals surface area contributed by atoms with E-state index in [2.05, 4.69) is 39.4 Å². The Labute approximate surface area is 131 Å². The van der Waals surface area contributed by atoms with E-state index in [-0.39, 0.29) is 6.61 Å². The van der Waals surface area contributed by atoms with Crippen molar-refractivity contribution in [1.29, 1.82) is 0 Å². The summed E-state index contributed by atoms with van der Waals surface area (Å²) in [5.74, 6) is 1.30. The molecular weight excluding hydrogens is 278 g/mol. The van der Waals surface area contributed by atoms with Crippen LogP contribution in [0.4, 0.5) is 0 Å². The average molecular weight is 301 g/mol. The Hall–Kier alpha value is -1.72. The Kier molecular flexibility index (Phi) is 4.85. The number of rotatable bonds is 6. The molecule has 0 bridgehead atoms. The quantitative estimate of drug-likeness (QED) is 0.888. The van der Waals surface area contributed by atoms with Crippen LogP contribution in [0.25, 0.3) is 0 Å². The van der Waals surface area contributed by atoms with Crippen molar-refractivity contribution in [2.24, 2.45) is 0 Å². The van der Waals surface area contributed by atoms with Crippen molar-refractivity contribution in [3.63, 3.8) is 0 Å². The lowest BCUT2D eigenvalue weighted by Crippen LogP contribution is -2.33. The van der Waals surface area contributed by atoms with Gasteiger partial charge in [-0.2, -0.15) is 0 Å². The predicted octanol–water partition coefficient (Wildman–Crippen LogP) is 2.50. The summed E-state index contributed by atoms with van der Waals surface area (Å²) in [6, 6.07) is 8.92. The largest absolute Gasteiger partial charge is 0.424 e. The van der Waals surface area contributed by atoms with Gasteiger partial charge < -0.3 is 9.52 Å². The zero-order valence-electron chi connectivity index (χ0n) is 13.0. The topological polar surface area (TPSA) is 62.4 Å². The van der Waals surface area contributed by atoms with E-state index in [1.165, 1.54) is 17.5 Å². The lowest BCUT2D eigenvalue weighted by atomic mass is 9.87. The van der Waals surface area contributed by atoms with Crippen LogP contribution < -0.4 is 0 Å². The molecule has 0 aliphatic heterocycles. The summed E-state index contributed by atoms with van der Waals surface area (Å²) in [7, 11) is 0. The Morgan fingerprint density at radius 1 is 1.27 bits per heavy atom. The summed E-state index contributed by atoms with van der Waals surface area (Å²) in [6.07, 6.45) is 4.17. The molecule has 0 saturated heterocycles. The second kappa shape index (κ2) is 7.03. The van der Waals surface area contributed by atoms with Crippen LogP contribution in [-0.2, 0) is 19.4 Å². The monoisotopic (exact) mass is 301 g/mol. The first-order chi connectivity index (χ1) is 10.8. The third kappa shape index (κ3) is 3.20. The second-order valence-corrected chi connectivity index (χ2v) is 5.74. The van der Waals surface area contributed by atoms with Gasteiger partial charge in [-0.3, -0.25) is 4.90 Å². The summed E-state index contributed by atoms with van der Waals surface area (Å²) in [5, 5.41) is 17.6. The van der Waals surface area contributed by atoms with Gasteiger partial charge in [-0.25, -0.2) is 0 Å². The normalized spacial score (nSPS) is 17.7. The third-order valence-electron chi connectivity index (χ3n) is 4.32. The molecule has 1 heterocycles. The molecule has 1 aliphatic rings. The minimum absolute atomic E-state index is 0.132. The maximum Gasteiger partial charge on any atom is 0.230 e. The van der Waals surface area contributed by atoms with Crippen LogP contribution in [0, 0.1) is 0 Å². The van der Waals surface area contributed by atoms with Crippen LogP contribution in [0.15, 0.2) is 28.7 Å². The maximum atomic E-state index is 9.44. The lowest BCUT2D eigenvalue weighted by molar-refractivity contribution is 0.120. The van der Waals surface area contributed by atoms with Crippen LogP contribution in [-0.4, -0.2) is 33.4 Å². The van der Waals surface area contributed by atoms with Gasteiger partial charge in [0.05, 0.1) is 13.2 Å². The molecule has 1 atom stereocenters. The smallest absolute Gasteiger partial charge is 0.230 e. The van der Waals surface area contributed by atoms with E-state index >= 15 is 0 Å². The minimum Gasteiger partial charge on any atom is -0.424 e. The highest BCUT2D eigenvalue weighted by atomic mass is 16.4. The van der Waals surface area contributed by atoms with E-state index in [1.807, 2.05) is 6.92 Å². The molecule has 0 fully saturated rings. The Morgan fingerprint density at radius 3 is 2.86 bits per heavy atom. The van der Waals surface area contributed by atoms with Gasteiger partial charge in [-0.1, -0.05) is 31.2 Å². The summed E-state index contributed by atoms with van der Waals surface area (Å²) < 4.78 is 5.64. The van der Waals surface area contributed by atoms with Crippen molar-refractivity contribution in [2.45, 2.75) is 45.2 Å². The summed E-state index contributed by atoms with van der Waals surface area (Å²) >= 11 is 0. The van der Waals surface area contributed by atoms with Crippen LogP contribution in [0.3, 0.4) is 0 Å². The van der Waals surface area contributed by atoms with Crippen LogP contribution >= 0.6 is 0 Å². The van der Waals surface area contributed by atoms with Crippen molar-refractivity contribution in [2.75, 3.05) is 13.2 Å². The van der Waals surface area contributed by atoms with Gasteiger partial charge in [0.1, 0.15) is 0 Å². The number of benzene rings is 1. The van der Waals surface area contributed by atoms with Crippen molar-refractivity contribution in [3.05, 3.63) is 47.2 Å². The maximum absolute atomic E-state index is 9.44. The number of aliphatic hydroxyl groups excluding tert-OH is 1. The molecule has 1 N–H and O–H groups in total. The van der Waals surface area contributed by atoms with Crippen LogP contribution in [0.2, 0.25) is 0 Å². The highest BCUT2D eigenvalue weighted by Crippen LogP contribution is 2.34. The standard InChI is InChI=1S/C17H23N3O2/c1-2-16-18-19-17(22-16)12-20(10-11-21)15-9-5-7-13-6-3-4-8-14(13)15/h3-4,6,8,15,21H,2,5,7,9-12H2,1H3. The van der Waals surface area contributed by atoms with E-state index < -0.39 is 0 Å². The Morgan fingerprint density at radius 2 is 2.09 bits per heavy atom. The van der Waals surface area contributed by atoms with E-state index in [0.717, 1.165) is 19.3 Å². The van der Waals surface area contributed by atoms with E-state index in [4.69, 9.17) is 4.42 Å². The number of fused-ring (bicyclic) bond motifs is 1. The molecule has 0 spiro atoms. The third-order valence-corrected chi connectivity index (χ3v) is 4.32. The number of aliphatic hydroxyl groups is 1.